The van der Waals surface area contributed by atoms with Gasteiger partial charge in [0.2, 0.25) is 0 Å². The van der Waals surface area contributed by atoms with Crippen LogP contribution in [0.4, 0.5) is 0 Å². The molecule has 104 valence electrons. The average Bonchev–Trinajstić information content (AvgIpc) is 2.50. The molecule has 0 spiro atoms. The van der Waals surface area contributed by atoms with Crippen LogP contribution in [0.1, 0.15) is 21.9 Å². The van der Waals surface area contributed by atoms with Crippen LogP contribution in [-0.2, 0) is 15.3 Å². The second-order valence-electron chi connectivity index (χ2n) is 4.61. The molecule has 0 aliphatic heterocycles. The molecule has 0 saturated carbocycles. The van der Waals surface area contributed by atoms with Crippen molar-refractivity contribution in [2.24, 2.45) is 0 Å². The molecule has 2 aromatic carbocycles. The maximum absolute atomic E-state index is 12.0. The minimum atomic E-state index is -0.277. The Hall–Kier alpha value is -1.74. The monoisotopic (exact) mass is 286 g/mol. The molecule has 0 fully saturated rings. The summed E-state index contributed by atoms with van der Waals surface area (Å²) in [6, 6.07) is 18.2. The predicted molar refractivity (Wildman–Crippen MR) is 83.7 cm³/mol. The molecule has 0 aromatic heterocycles. The topological polar surface area (TPSA) is 26.3 Å². The van der Waals surface area contributed by atoms with E-state index < -0.39 is 0 Å². The molecule has 0 N–H and O–H groups in total. The van der Waals surface area contributed by atoms with Crippen LogP contribution in [0.2, 0.25) is 0 Å². The highest BCUT2D eigenvalue weighted by Gasteiger charge is 2.21. The Kier molecular flexibility index (Phi) is 5.24. The first-order chi connectivity index (χ1) is 9.70. The predicted octanol–water partition coefficient (Wildman–Crippen LogP) is 4.14. The zero-order valence-corrected chi connectivity index (χ0v) is 12.5. The molecule has 0 heterocycles. The molecule has 0 saturated heterocycles. The molecule has 0 aliphatic carbocycles. The zero-order chi connectivity index (χ0) is 14.4. The number of methoxy groups -OCH3 is 1. The molecule has 2 aromatic rings. The third kappa shape index (κ3) is 3.87. The number of benzene rings is 2. The van der Waals surface area contributed by atoms with Crippen LogP contribution in [0.15, 0.2) is 54.6 Å². The van der Waals surface area contributed by atoms with Crippen LogP contribution in [0, 0.1) is 6.92 Å². The number of carbonyl (C=O) groups excluding carboxylic acids is 1. The molecule has 1 atom stereocenters. The molecule has 0 bridgehead atoms. The van der Waals surface area contributed by atoms with Gasteiger partial charge in [-0.05, 0) is 18.1 Å². The van der Waals surface area contributed by atoms with E-state index in [9.17, 15) is 4.79 Å². The van der Waals surface area contributed by atoms with Gasteiger partial charge in [-0.25, -0.2) is 0 Å². The van der Waals surface area contributed by atoms with Crippen molar-refractivity contribution in [2.75, 3.05) is 7.11 Å². The number of ether oxygens (including phenoxy) is 1. The van der Waals surface area contributed by atoms with Gasteiger partial charge in [-0.1, -0.05) is 60.2 Å². The smallest absolute Gasteiger partial charge is 0.323 e. The van der Waals surface area contributed by atoms with Crippen molar-refractivity contribution in [3.05, 3.63) is 71.3 Å². The zero-order valence-electron chi connectivity index (χ0n) is 11.7. The average molecular weight is 286 g/mol. The first-order valence-electron chi connectivity index (χ1n) is 6.50. The van der Waals surface area contributed by atoms with Gasteiger partial charge >= 0.3 is 5.97 Å². The van der Waals surface area contributed by atoms with Crippen LogP contribution in [0.3, 0.4) is 0 Å². The van der Waals surface area contributed by atoms with Crippen LogP contribution in [-0.4, -0.2) is 13.1 Å². The summed E-state index contributed by atoms with van der Waals surface area (Å²) in [5, 5.41) is -0.277. The highest BCUT2D eigenvalue weighted by atomic mass is 32.2. The number of hydrogen-bond acceptors (Lipinski definition) is 3. The molecular formula is C17H18O2S. The maximum Gasteiger partial charge on any atom is 0.323 e. The quantitative estimate of drug-likeness (QED) is 0.773. The van der Waals surface area contributed by atoms with E-state index in [-0.39, 0.29) is 11.2 Å². The summed E-state index contributed by atoms with van der Waals surface area (Å²) in [4.78, 5) is 12.0. The van der Waals surface area contributed by atoms with Crippen molar-refractivity contribution in [2.45, 2.75) is 17.9 Å². The van der Waals surface area contributed by atoms with Gasteiger partial charge in [0, 0.05) is 5.75 Å². The Morgan fingerprint density at radius 2 is 1.75 bits per heavy atom. The Bertz CT molecular complexity index is 549. The van der Waals surface area contributed by atoms with Crippen molar-refractivity contribution < 1.29 is 9.53 Å². The van der Waals surface area contributed by atoms with Gasteiger partial charge in [0.15, 0.2) is 0 Å². The minimum Gasteiger partial charge on any atom is -0.468 e. The largest absolute Gasteiger partial charge is 0.468 e. The number of rotatable bonds is 5. The molecule has 20 heavy (non-hydrogen) atoms. The third-order valence-electron chi connectivity index (χ3n) is 3.05. The lowest BCUT2D eigenvalue weighted by Crippen LogP contribution is -2.11. The molecule has 2 nitrogen and oxygen atoms in total. The van der Waals surface area contributed by atoms with E-state index in [4.69, 9.17) is 4.74 Å². The number of carbonyl (C=O) groups is 1. The number of aryl methyl sites for hydroxylation is 1. The highest BCUT2D eigenvalue weighted by molar-refractivity contribution is 7.99. The normalized spacial score (nSPS) is 11.9. The van der Waals surface area contributed by atoms with E-state index in [1.165, 1.54) is 18.2 Å². The van der Waals surface area contributed by atoms with E-state index in [2.05, 4.69) is 12.1 Å². The summed E-state index contributed by atoms with van der Waals surface area (Å²) >= 11 is 1.59. The molecular weight excluding hydrogens is 268 g/mol. The first-order valence-corrected chi connectivity index (χ1v) is 7.55. The van der Waals surface area contributed by atoms with E-state index in [1.807, 2.05) is 49.4 Å². The van der Waals surface area contributed by atoms with Crippen molar-refractivity contribution in [3.8, 4) is 0 Å². The minimum absolute atomic E-state index is 0.199. The Morgan fingerprint density at radius 3 is 2.35 bits per heavy atom. The summed E-state index contributed by atoms with van der Waals surface area (Å²) in [7, 11) is 1.44. The van der Waals surface area contributed by atoms with Gasteiger partial charge in [0.05, 0.1) is 7.11 Å². The summed E-state index contributed by atoms with van der Waals surface area (Å²) in [5.74, 6) is 0.587. The fourth-order valence-corrected chi connectivity index (χ4v) is 3.04. The van der Waals surface area contributed by atoms with Crippen LogP contribution >= 0.6 is 11.8 Å². The van der Waals surface area contributed by atoms with Crippen molar-refractivity contribution in [3.63, 3.8) is 0 Å². The maximum atomic E-state index is 12.0. The Morgan fingerprint density at radius 1 is 1.10 bits per heavy atom. The lowest BCUT2D eigenvalue weighted by atomic mass is 10.1. The fraction of sp³-hybridized carbons (Fsp3) is 0.235. The van der Waals surface area contributed by atoms with Gasteiger partial charge in [0.1, 0.15) is 5.25 Å². The lowest BCUT2D eigenvalue weighted by molar-refractivity contribution is -0.140. The second-order valence-corrected chi connectivity index (χ2v) is 5.70. The van der Waals surface area contributed by atoms with Gasteiger partial charge in [-0.2, -0.15) is 0 Å². The van der Waals surface area contributed by atoms with Crippen LogP contribution in [0.25, 0.3) is 0 Å². The van der Waals surface area contributed by atoms with E-state index in [0.29, 0.717) is 0 Å². The fourth-order valence-electron chi connectivity index (χ4n) is 1.90. The van der Waals surface area contributed by atoms with Crippen molar-refractivity contribution in [1.29, 1.82) is 0 Å². The van der Waals surface area contributed by atoms with Crippen molar-refractivity contribution in [1.82, 2.24) is 0 Å². The number of thioether (sulfide) groups is 1. The van der Waals surface area contributed by atoms with E-state index >= 15 is 0 Å². The highest BCUT2D eigenvalue weighted by Crippen LogP contribution is 2.32. The Balaban J connectivity index is 2.12. The summed E-state index contributed by atoms with van der Waals surface area (Å²) < 4.78 is 4.93. The van der Waals surface area contributed by atoms with Crippen molar-refractivity contribution >= 4 is 17.7 Å². The molecule has 2 rings (SSSR count). The van der Waals surface area contributed by atoms with E-state index in [1.54, 1.807) is 11.8 Å². The summed E-state index contributed by atoms with van der Waals surface area (Å²) in [6.45, 7) is 2.04. The number of hydrogen-bond donors (Lipinski definition) is 0. The van der Waals surface area contributed by atoms with Crippen LogP contribution in [0.5, 0.6) is 0 Å². The van der Waals surface area contributed by atoms with Crippen LogP contribution < -0.4 is 0 Å². The molecule has 0 aliphatic rings. The second kappa shape index (κ2) is 7.15. The summed E-state index contributed by atoms with van der Waals surface area (Å²) in [5.41, 5.74) is 3.38. The third-order valence-corrected chi connectivity index (χ3v) is 4.35. The van der Waals surface area contributed by atoms with Gasteiger partial charge in [-0.3, -0.25) is 4.79 Å². The summed E-state index contributed by atoms with van der Waals surface area (Å²) in [6.07, 6.45) is 0. The van der Waals surface area contributed by atoms with Gasteiger partial charge in [-0.15, -0.1) is 11.8 Å². The van der Waals surface area contributed by atoms with E-state index in [0.717, 1.165) is 11.3 Å². The van der Waals surface area contributed by atoms with Gasteiger partial charge in [0.25, 0.3) is 0 Å². The number of esters is 1. The Labute approximate surface area is 124 Å². The lowest BCUT2D eigenvalue weighted by Gasteiger charge is -2.15. The standard InChI is InChI=1S/C17H18O2S/c1-13-8-10-15(11-9-13)16(17(18)19-2)20-12-14-6-4-3-5-7-14/h3-11,16H,12H2,1-2H3/t16-/m0/s1. The SMILES string of the molecule is COC(=O)[C@@H](SCc1ccccc1)c1ccc(C)cc1. The first kappa shape index (κ1) is 14.7. The van der Waals surface area contributed by atoms with Gasteiger partial charge < -0.3 is 4.74 Å². The molecule has 0 radical (unpaired) electrons. The molecule has 0 amide bonds. The molecule has 0 unspecified atom stereocenters. The molecule has 3 heteroatoms.